The van der Waals surface area contributed by atoms with E-state index in [1.54, 1.807) is 31.9 Å². The summed E-state index contributed by atoms with van der Waals surface area (Å²) in [6, 6.07) is 13.9. The quantitative estimate of drug-likeness (QED) is 0.571. The summed E-state index contributed by atoms with van der Waals surface area (Å²) in [5.74, 6) is -0.101. The van der Waals surface area contributed by atoms with Gasteiger partial charge in [-0.05, 0) is 41.6 Å². The Bertz CT molecular complexity index is 1060. The van der Waals surface area contributed by atoms with Crippen LogP contribution in [-0.4, -0.2) is 25.4 Å². The molecule has 0 aliphatic heterocycles. The summed E-state index contributed by atoms with van der Waals surface area (Å²) in [7, 11) is 4.88. The first-order valence-corrected chi connectivity index (χ1v) is 9.49. The Hall–Kier alpha value is -2.70. The first kappa shape index (κ1) is 21.0. The highest BCUT2D eigenvalue weighted by Gasteiger charge is 2.31. The number of hydrogen-bond acceptors (Lipinski definition) is 4. The molecule has 0 fully saturated rings. The molecule has 154 valence electrons. The van der Waals surface area contributed by atoms with Gasteiger partial charge in [-0.1, -0.05) is 25.1 Å². The van der Waals surface area contributed by atoms with Crippen molar-refractivity contribution in [3.63, 3.8) is 0 Å². The van der Waals surface area contributed by atoms with Crippen molar-refractivity contribution in [3.8, 4) is 5.75 Å². The number of fused-ring (bicyclic) bond motifs is 1. The van der Waals surface area contributed by atoms with Crippen LogP contribution in [0, 0.1) is 5.82 Å². The van der Waals surface area contributed by atoms with Crippen LogP contribution in [-0.2, 0) is 28.7 Å². The number of aromatic nitrogens is 1. The summed E-state index contributed by atoms with van der Waals surface area (Å²) in [6.45, 7) is 2.28. The summed E-state index contributed by atoms with van der Waals surface area (Å²) >= 11 is 0. The lowest BCUT2D eigenvalue weighted by atomic mass is 9.91. The molecule has 0 saturated carbocycles. The first-order valence-electron chi connectivity index (χ1n) is 9.49. The van der Waals surface area contributed by atoms with Gasteiger partial charge >= 0.3 is 0 Å². The fraction of sp³-hybridized carbons (Fsp3) is 0.348. The maximum atomic E-state index is 14.3. The van der Waals surface area contributed by atoms with E-state index < -0.39 is 11.4 Å². The smallest absolute Gasteiger partial charge is 0.257 e. The molecular weight excluding hydrogens is 373 g/mol. The lowest BCUT2D eigenvalue weighted by Gasteiger charge is -2.31. The van der Waals surface area contributed by atoms with Crippen LogP contribution < -0.4 is 10.3 Å². The SMILES string of the molecule is CCC(COC)(OC)c1cc(F)cc(OCc2cc3ccccc3n(C)c2=O)c1. The highest BCUT2D eigenvalue weighted by Crippen LogP contribution is 2.32. The molecule has 3 aromatic rings. The van der Waals surface area contributed by atoms with E-state index in [-0.39, 0.29) is 18.8 Å². The van der Waals surface area contributed by atoms with Crippen LogP contribution >= 0.6 is 0 Å². The molecule has 3 rings (SSSR count). The molecule has 5 nitrogen and oxygen atoms in total. The molecule has 0 bridgehead atoms. The number of ether oxygens (including phenoxy) is 3. The lowest BCUT2D eigenvalue weighted by molar-refractivity contribution is -0.0722. The minimum absolute atomic E-state index is 0.0385. The Labute approximate surface area is 169 Å². The molecule has 6 heteroatoms. The minimum Gasteiger partial charge on any atom is -0.489 e. The second kappa shape index (κ2) is 8.76. The zero-order valence-corrected chi connectivity index (χ0v) is 17.2. The molecule has 0 amide bonds. The predicted molar refractivity (Wildman–Crippen MR) is 111 cm³/mol. The van der Waals surface area contributed by atoms with Crippen LogP contribution in [0.2, 0.25) is 0 Å². The number of aryl methyl sites for hydroxylation is 1. The molecule has 1 heterocycles. The molecule has 0 spiro atoms. The molecule has 0 saturated heterocycles. The summed E-state index contributed by atoms with van der Waals surface area (Å²) in [5.41, 5.74) is 1.07. The molecule has 0 aliphatic carbocycles. The van der Waals surface area contributed by atoms with Crippen LogP contribution in [0.1, 0.15) is 24.5 Å². The van der Waals surface area contributed by atoms with E-state index in [0.717, 1.165) is 10.9 Å². The Morgan fingerprint density at radius 3 is 2.55 bits per heavy atom. The van der Waals surface area contributed by atoms with Crippen LogP contribution in [0.25, 0.3) is 10.9 Å². The van der Waals surface area contributed by atoms with E-state index in [9.17, 15) is 9.18 Å². The fourth-order valence-corrected chi connectivity index (χ4v) is 3.61. The zero-order chi connectivity index (χ0) is 21.0. The third-order valence-electron chi connectivity index (χ3n) is 5.34. The van der Waals surface area contributed by atoms with Gasteiger partial charge < -0.3 is 18.8 Å². The monoisotopic (exact) mass is 399 g/mol. The number of nitrogens with zero attached hydrogens (tertiary/aromatic N) is 1. The highest BCUT2D eigenvalue weighted by molar-refractivity contribution is 5.79. The van der Waals surface area contributed by atoms with Gasteiger partial charge in [0.2, 0.25) is 0 Å². The van der Waals surface area contributed by atoms with E-state index in [1.165, 1.54) is 12.1 Å². The number of methoxy groups -OCH3 is 2. The van der Waals surface area contributed by atoms with Gasteiger partial charge in [0.1, 0.15) is 23.8 Å². The summed E-state index contributed by atoms with van der Waals surface area (Å²) in [6.07, 6.45) is 0.603. The highest BCUT2D eigenvalue weighted by atomic mass is 19.1. The molecule has 1 unspecified atom stereocenters. The van der Waals surface area contributed by atoms with Crippen molar-refractivity contribution in [2.45, 2.75) is 25.6 Å². The fourth-order valence-electron chi connectivity index (χ4n) is 3.61. The molecular formula is C23H26FNO4. The van der Waals surface area contributed by atoms with Gasteiger partial charge in [0, 0.05) is 27.3 Å². The molecule has 0 aliphatic rings. The lowest BCUT2D eigenvalue weighted by Crippen LogP contribution is -2.33. The summed E-state index contributed by atoms with van der Waals surface area (Å²) in [5, 5.41) is 0.942. The van der Waals surface area contributed by atoms with E-state index in [0.29, 0.717) is 23.3 Å². The number of pyridine rings is 1. The van der Waals surface area contributed by atoms with Crippen molar-refractivity contribution in [2.75, 3.05) is 20.8 Å². The van der Waals surface area contributed by atoms with Crippen molar-refractivity contribution in [1.82, 2.24) is 4.57 Å². The molecule has 1 atom stereocenters. The molecule has 2 aromatic carbocycles. The Kier molecular flexibility index (Phi) is 6.35. The van der Waals surface area contributed by atoms with Gasteiger partial charge in [-0.15, -0.1) is 0 Å². The maximum absolute atomic E-state index is 14.3. The van der Waals surface area contributed by atoms with Gasteiger partial charge in [-0.25, -0.2) is 4.39 Å². The van der Waals surface area contributed by atoms with E-state index >= 15 is 0 Å². The number of benzene rings is 2. The van der Waals surface area contributed by atoms with Crippen molar-refractivity contribution in [2.24, 2.45) is 7.05 Å². The van der Waals surface area contributed by atoms with E-state index in [1.807, 2.05) is 37.3 Å². The van der Waals surface area contributed by atoms with Crippen LogP contribution in [0.5, 0.6) is 5.75 Å². The topological polar surface area (TPSA) is 49.7 Å². The third kappa shape index (κ3) is 4.18. The van der Waals surface area contributed by atoms with Gasteiger partial charge in [0.15, 0.2) is 0 Å². The van der Waals surface area contributed by atoms with E-state index in [2.05, 4.69) is 0 Å². The number of rotatable bonds is 8. The Morgan fingerprint density at radius 2 is 1.86 bits per heavy atom. The van der Waals surface area contributed by atoms with Crippen molar-refractivity contribution in [1.29, 1.82) is 0 Å². The van der Waals surface area contributed by atoms with Gasteiger partial charge in [0.25, 0.3) is 5.56 Å². The van der Waals surface area contributed by atoms with Gasteiger partial charge in [-0.3, -0.25) is 4.79 Å². The largest absolute Gasteiger partial charge is 0.489 e. The molecule has 0 N–H and O–H groups in total. The Morgan fingerprint density at radius 1 is 1.10 bits per heavy atom. The summed E-state index contributed by atoms with van der Waals surface area (Å²) in [4.78, 5) is 12.6. The first-order chi connectivity index (χ1) is 13.9. The van der Waals surface area contributed by atoms with Crippen LogP contribution in [0.15, 0.2) is 53.3 Å². The average molecular weight is 399 g/mol. The van der Waals surface area contributed by atoms with Crippen molar-refractivity contribution >= 4 is 10.9 Å². The standard InChI is InChI=1S/C23H26FNO4/c1-5-23(28-4,15-27-3)18-11-19(24)13-20(12-18)29-14-17-10-16-8-6-7-9-21(16)25(2)22(17)26/h6-13H,5,14-15H2,1-4H3. The summed E-state index contributed by atoms with van der Waals surface area (Å²) < 4.78 is 32.7. The normalized spacial score (nSPS) is 13.4. The second-order valence-electron chi connectivity index (χ2n) is 7.04. The number of para-hydroxylation sites is 1. The van der Waals surface area contributed by atoms with Crippen LogP contribution in [0.4, 0.5) is 4.39 Å². The number of hydrogen-bond donors (Lipinski definition) is 0. The number of halogens is 1. The average Bonchev–Trinajstić information content (AvgIpc) is 2.73. The van der Waals surface area contributed by atoms with Crippen molar-refractivity contribution in [3.05, 3.63) is 75.8 Å². The third-order valence-corrected chi connectivity index (χ3v) is 5.34. The molecule has 29 heavy (non-hydrogen) atoms. The second-order valence-corrected chi connectivity index (χ2v) is 7.04. The molecule has 0 radical (unpaired) electrons. The maximum Gasteiger partial charge on any atom is 0.257 e. The Balaban J connectivity index is 1.92. The van der Waals surface area contributed by atoms with E-state index in [4.69, 9.17) is 14.2 Å². The van der Waals surface area contributed by atoms with Crippen molar-refractivity contribution < 1.29 is 18.6 Å². The van der Waals surface area contributed by atoms with Gasteiger partial charge in [-0.2, -0.15) is 0 Å². The van der Waals surface area contributed by atoms with Crippen LogP contribution in [0.3, 0.4) is 0 Å². The minimum atomic E-state index is -0.770. The zero-order valence-electron chi connectivity index (χ0n) is 17.2. The molecule has 1 aromatic heterocycles. The predicted octanol–water partition coefficient (Wildman–Crippen LogP) is 4.15. The van der Waals surface area contributed by atoms with Gasteiger partial charge in [0.05, 0.1) is 17.7 Å².